The monoisotopic (exact) mass is 341 g/mol. The molecule has 5 nitrogen and oxygen atoms in total. The molecule has 4 rings (SSSR count). The Hall–Kier alpha value is -1.85. The molecule has 0 atom stereocenters. The van der Waals surface area contributed by atoms with Crippen LogP contribution in [0.1, 0.15) is 30.5 Å². The molecule has 1 aromatic heterocycles. The van der Waals surface area contributed by atoms with Crippen molar-refractivity contribution < 1.29 is 4.74 Å². The second-order valence-corrected chi connectivity index (χ2v) is 7.22. The summed E-state index contributed by atoms with van der Waals surface area (Å²) in [5.41, 5.74) is 4.17. The van der Waals surface area contributed by atoms with Gasteiger partial charge in [0.05, 0.1) is 13.2 Å². The topological polar surface area (TPSA) is 48.6 Å². The Morgan fingerprint density at radius 1 is 1.08 bits per heavy atom. The van der Waals surface area contributed by atoms with Crippen molar-refractivity contribution in [2.45, 2.75) is 32.7 Å². The van der Waals surface area contributed by atoms with E-state index >= 15 is 0 Å². The molecular formula is C20H27N3O2. The van der Waals surface area contributed by atoms with Crippen LogP contribution in [-0.4, -0.2) is 49.3 Å². The first-order chi connectivity index (χ1) is 12.2. The zero-order valence-corrected chi connectivity index (χ0v) is 15.0. The van der Waals surface area contributed by atoms with Crippen LogP contribution in [-0.2, 0) is 11.3 Å². The first kappa shape index (κ1) is 16.6. The summed E-state index contributed by atoms with van der Waals surface area (Å²) < 4.78 is 5.44. The zero-order chi connectivity index (χ0) is 17.2. The van der Waals surface area contributed by atoms with Gasteiger partial charge in [0, 0.05) is 47.5 Å². The van der Waals surface area contributed by atoms with Crippen LogP contribution >= 0.6 is 0 Å². The van der Waals surface area contributed by atoms with Crippen molar-refractivity contribution in [1.29, 1.82) is 0 Å². The summed E-state index contributed by atoms with van der Waals surface area (Å²) in [6.45, 7) is 8.27. The van der Waals surface area contributed by atoms with Gasteiger partial charge in [0.25, 0.3) is 0 Å². The summed E-state index contributed by atoms with van der Waals surface area (Å²) in [5.74, 6) is 0. The van der Waals surface area contributed by atoms with Gasteiger partial charge in [-0.3, -0.25) is 9.69 Å². The summed E-state index contributed by atoms with van der Waals surface area (Å²) >= 11 is 0. The van der Waals surface area contributed by atoms with E-state index in [2.05, 4.69) is 26.9 Å². The van der Waals surface area contributed by atoms with Crippen LogP contribution in [0.5, 0.6) is 0 Å². The third-order valence-corrected chi connectivity index (χ3v) is 5.50. The first-order valence-corrected chi connectivity index (χ1v) is 9.43. The average molecular weight is 341 g/mol. The van der Waals surface area contributed by atoms with E-state index in [-0.39, 0.29) is 5.43 Å². The van der Waals surface area contributed by atoms with E-state index < -0.39 is 0 Å². The van der Waals surface area contributed by atoms with Gasteiger partial charge in [-0.2, -0.15) is 0 Å². The number of ether oxygens (including phenoxy) is 1. The van der Waals surface area contributed by atoms with Crippen molar-refractivity contribution in [2.24, 2.45) is 0 Å². The Balaban J connectivity index is 1.69. The lowest BCUT2D eigenvalue weighted by atomic mass is 10.1. The molecule has 25 heavy (non-hydrogen) atoms. The third-order valence-electron chi connectivity index (χ3n) is 5.50. The summed E-state index contributed by atoms with van der Waals surface area (Å²) in [6, 6.07) is 6.20. The highest BCUT2D eigenvalue weighted by Crippen LogP contribution is 2.22. The predicted molar refractivity (Wildman–Crippen MR) is 101 cm³/mol. The molecule has 0 bridgehead atoms. The number of morpholine rings is 1. The standard InChI is InChI=1S/C20H27N3O2/c1-15-18(14-22-7-3-2-4-8-22)20(24)17-13-16(5-6-19(17)21-15)23-9-11-25-12-10-23/h5-6,13H,2-4,7-12,14H2,1H3,(H,21,24). The van der Waals surface area contributed by atoms with E-state index in [1.165, 1.54) is 19.3 Å². The first-order valence-electron chi connectivity index (χ1n) is 9.43. The summed E-state index contributed by atoms with van der Waals surface area (Å²) in [4.78, 5) is 21.3. The molecule has 0 saturated carbocycles. The lowest BCUT2D eigenvalue weighted by molar-refractivity contribution is 0.122. The molecule has 0 amide bonds. The Labute approximate surface area is 148 Å². The molecule has 0 radical (unpaired) electrons. The number of aromatic amines is 1. The third kappa shape index (κ3) is 3.44. The van der Waals surface area contributed by atoms with Crippen molar-refractivity contribution in [2.75, 3.05) is 44.3 Å². The number of nitrogens with one attached hydrogen (secondary N) is 1. The van der Waals surface area contributed by atoms with Gasteiger partial charge in [-0.05, 0) is 51.1 Å². The van der Waals surface area contributed by atoms with Crippen LogP contribution < -0.4 is 10.3 Å². The number of hydrogen-bond donors (Lipinski definition) is 1. The van der Waals surface area contributed by atoms with E-state index in [0.717, 1.165) is 73.8 Å². The molecule has 0 aliphatic carbocycles. The number of benzene rings is 1. The van der Waals surface area contributed by atoms with E-state index in [1.54, 1.807) is 0 Å². The average Bonchev–Trinajstić information content (AvgIpc) is 2.66. The maximum absolute atomic E-state index is 13.2. The van der Waals surface area contributed by atoms with Gasteiger partial charge in [-0.15, -0.1) is 0 Å². The van der Waals surface area contributed by atoms with Crippen molar-refractivity contribution in [3.63, 3.8) is 0 Å². The quantitative estimate of drug-likeness (QED) is 0.932. The molecule has 2 aliphatic heterocycles. The van der Waals surface area contributed by atoms with Crippen LogP contribution in [0.3, 0.4) is 0 Å². The molecule has 3 heterocycles. The van der Waals surface area contributed by atoms with Crippen LogP contribution in [0.25, 0.3) is 10.9 Å². The number of nitrogens with zero attached hydrogens (tertiary/aromatic N) is 2. The molecule has 134 valence electrons. The molecule has 1 N–H and O–H groups in total. The Morgan fingerprint density at radius 2 is 1.84 bits per heavy atom. The number of anilines is 1. The minimum atomic E-state index is 0.187. The molecule has 1 aromatic carbocycles. The lowest BCUT2D eigenvalue weighted by Crippen LogP contribution is -2.36. The highest BCUT2D eigenvalue weighted by molar-refractivity contribution is 5.83. The highest BCUT2D eigenvalue weighted by Gasteiger charge is 2.17. The molecule has 5 heteroatoms. The normalized spacial score (nSPS) is 19.5. The zero-order valence-electron chi connectivity index (χ0n) is 15.0. The fraction of sp³-hybridized carbons (Fsp3) is 0.550. The highest BCUT2D eigenvalue weighted by atomic mass is 16.5. The summed E-state index contributed by atoms with van der Waals surface area (Å²) in [5, 5.41) is 0.807. The van der Waals surface area contributed by atoms with Gasteiger partial charge in [0.2, 0.25) is 0 Å². The van der Waals surface area contributed by atoms with Crippen LogP contribution in [0.2, 0.25) is 0 Å². The van der Waals surface area contributed by atoms with E-state index in [4.69, 9.17) is 4.74 Å². The van der Waals surface area contributed by atoms with Gasteiger partial charge < -0.3 is 14.6 Å². The number of H-pyrrole nitrogens is 1. The maximum Gasteiger partial charge on any atom is 0.194 e. The van der Waals surface area contributed by atoms with Gasteiger partial charge >= 0.3 is 0 Å². The number of aromatic nitrogens is 1. The number of piperidine rings is 1. The predicted octanol–water partition coefficient (Wildman–Crippen LogP) is 2.66. The summed E-state index contributed by atoms with van der Waals surface area (Å²) in [6.07, 6.45) is 3.80. The molecular weight excluding hydrogens is 314 g/mol. The lowest BCUT2D eigenvalue weighted by Gasteiger charge is -2.29. The number of fused-ring (bicyclic) bond motifs is 1. The Bertz CT molecular complexity index is 802. The molecule has 2 saturated heterocycles. The second kappa shape index (κ2) is 7.18. The van der Waals surface area contributed by atoms with Crippen LogP contribution in [0.15, 0.2) is 23.0 Å². The number of hydrogen-bond acceptors (Lipinski definition) is 4. The molecule has 0 spiro atoms. The minimum Gasteiger partial charge on any atom is -0.378 e. The van der Waals surface area contributed by atoms with Crippen molar-refractivity contribution in [1.82, 2.24) is 9.88 Å². The van der Waals surface area contributed by atoms with E-state index in [9.17, 15) is 4.79 Å². The SMILES string of the molecule is Cc1[nH]c2ccc(N3CCOCC3)cc2c(=O)c1CN1CCCCC1. The minimum absolute atomic E-state index is 0.187. The maximum atomic E-state index is 13.2. The number of pyridine rings is 1. The largest absolute Gasteiger partial charge is 0.378 e. The molecule has 0 unspecified atom stereocenters. The Morgan fingerprint density at radius 3 is 2.60 bits per heavy atom. The van der Waals surface area contributed by atoms with Crippen LogP contribution in [0, 0.1) is 6.92 Å². The molecule has 2 aromatic rings. The number of likely N-dealkylation sites (tertiary alicyclic amines) is 1. The van der Waals surface area contributed by atoms with Gasteiger partial charge in [0.1, 0.15) is 0 Å². The van der Waals surface area contributed by atoms with Crippen molar-refractivity contribution in [3.05, 3.63) is 39.7 Å². The van der Waals surface area contributed by atoms with E-state index in [1.807, 2.05) is 13.0 Å². The molecule has 2 aliphatic rings. The fourth-order valence-corrected chi connectivity index (χ4v) is 3.99. The Kier molecular flexibility index (Phi) is 4.77. The van der Waals surface area contributed by atoms with Crippen molar-refractivity contribution in [3.8, 4) is 0 Å². The molecule has 2 fully saturated rings. The van der Waals surface area contributed by atoms with Gasteiger partial charge in [-0.1, -0.05) is 6.42 Å². The fourth-order valence-electron chi connectivity index (χ4n) is 3.99. The second-order valence-electron chi connectivity index (χ2n) is 7.22. The van der Waals surface area contributed by atoms with Crippen molar-refractivity contribution >= 4 is 16.6 Å². The summed E-state index contributed by atoms with van der Waals surface area (Å²) in [7, 11) is 0. The van der Waals surface area contributed by atoms with Gasteiger partial charge in [-0.25, -0.2) is 0 Å². The van der Waals surface area contributed by atoms with Crippen LogP contribution in [0.4, 0.5) is 5.69 Å². The van der Waals surface area contributed by atoms with E-state index in [0.29, 0.717) is 0 Å². The smallest absolute Gasteiger partial charge is 0.194 e. The van der Waals surface area contributed by atoms with Gasteiger partial charge in [0.15, 0.2) is 5.43 Å². The number of rotatable bonds is 3. The number of aryl methyl sites for hydroxylation is 1.